The maximum absolute atomic E-state index is 12.9. The summed E-state index contributed by atoms with van der Waals surface area (Å²) in [5.74, 6) is -0.0339. The predicted octanol–water partition coefficient (Wildman–Crippen LogP) is 3.57. The van der Waals surface area contributed by atoms with E-state index in [0.717, 1.165) is 38.3 Å². The Morgan fingerprint density at radius 1 is 0.677 bits per heavy atom. The highest BCUT2D eigenvalue weighted by molar-refractivity contribution is 5.95. The molecule has 1 N–H and O–H groups in total. The van der Waals surface area contributed by atoms with Gasteiger partial charge in [0, 0.05) is 50.4 Å². The Balaban J connectivity index is 1.26. The average molecular weight is 414 g/mol. The van der Waals surface area contributed by atoms with Crippen molar-refractivity contribution >= 4 is 11.8 Å². The summed E-state index contributed by atoms with van der Waals surface area (Å²) in [5.41, 5.74) is 3.60. The Labute approximate surface area is 183 Å². The maximum Gasteiger partial charge on any atom is 0.253 e. The average Bonchev–Trinajstić information content (AvgIpc) is 2.84. The number of rotatable bonds is 6. The highest BCUT2D eigenvalue weighted by Crippen LogP contribution is 2.13. The molecule has 31 heavy (non-hydrogen) atoms. The van der Waals surface area contributed by atoms with Crippen molar-refractivity contribution in [2.75, 3.05) is 26.2 Å². The molecule has 0 aromatic heterocycles. The second kappa shape index (κ2) is 10.0. The van der Waals surface area contributed by atoms with Crippen LogP contribution in [0.25, 0.3) is 0 Å². The third-order valence-electron chi connectivity index (χ3n) is 5.60. The molecule has 1 aliphatic rings. The Morgan fingerprint density at radius 2 is 1.29 bits per heavy atom. The van der Waals surface area contributed by atoms with Crippen LogP contribution in [0.1, 0.15) is 31.8 Å². The molecule has 5 heteroatoms. The number of hydrogen-bond donors (Lipinski definition) is 1. The Kier molecular flexibility index (Phi) is 6.75. The van der Waals surface area contributed by atoms with E-state index in [-0.39, 0.29) is 11.8 Å². The van der Waals surface area contributed by atoms with Gasteiger partial charge in [0.25, 0.3) is 11.8 Å². The summed E-state index contributed by atoms with van der Waals surface area (Å²) in [4.78, 5) is 29.3. The number of hydrogen-bond acceptors (Lipinski definition) is 3. The minimum Gasteiger partial charge on any atom is -0.348 e. The number of nitrogens with zero attached hydrogens (tertiary/aromatic N) is 2. The van der Waals surface area contributed by atoms with Gasteiger partial charge in [0.2, 0.25) is 0 Å². The fraction of sp³-hybridized carbons (Fsp3) is 0.231. The van der Waals surface area contributed by atoms with Crippen LogP contribution >= 0.6 is 0 Å². The minimum atomic E-state index is -0.103. The molecule has 0 bridgehead atoms. The van der Waals surface area contributed by atoms with Gasteiger partial charge in [-0.3, -0.25) is 14.5 Å². The molecule has 2 amide bonds. The molecule has 0 aliphatic carbocycles. The van der Waals surface area contributed by atoms with Gasteiger partial charge in [-0.2, -0.15) is 0 Å². The summed E-state index contributed by atoms with van der Waals surface area (Å²) in [7, 11) is 0. The van der Waals surface area contributed by atoms with Gasteiger partial charge in [0.1, 0.15) is 0 Å². The molecule has 0 spiro atoms. The lowest BCUT2D eigenvalue weighted by Crippen LogP contribution is -2.48. The molecule has 0 atom stereocenters. The van der Waals surface area contributed by atoms with Crippen molar-refractivity contribution in [3.63, 3.8) is 0 Å². The summed E-state index contributed by atoms with van der Waals surface area (Å²) in [6.45, 7) is 4.59. The fourth-order valence-corrected chi connectivity index (χ4v) is 3.77. The van der Waals surface area contributed by atoms with Crippen molar-refractivity contribution in [3.05, 3.63) is 107 Å². The lowest BCUT2D eigenvalue weighted by atomic mass is 10.1. The number of amides is 2. The van der Waals surface area contributed by atoms with Crippen molar-refractivity contribution in [1.29, 1.82) is 0 Å². The van der Waals surface area contributed by atoms with Gasteiger partial charge in [-0.05, 0) is 35.4 Å². The van der Waals surface area contributed by atoms with Crippen molar-refractivity contribution in [2.24, 2.45) is 0 Å². The molecule has 5 nitrogen and oxygen atoms in total. The summed E-state index contributed by atoms with van der Waals surface area (Å²) in [6.07, 6.45) is 0. The monoisotopic (exact) mass is 413 g/mol. The molecule has 0 radical (unpaired) electrons. The molecule has 1 saturated heterocycles. The molecular weight excluding hydrogens is 386 g/mol. The van der Waals surface area contributed by atoms with E-state index >= 15 is 0 Å². The van der Waals surface area contributed by atoms with E-state index in [1.54, 1.807) is 12.1 Å². The molecule has 0 saturated carbocycles. The van der Waals surface area contributed by atoms with Crippen molar-refractivity contribution in [3.8, 4) is 0 Å². The first-order chi connectivity index (χ1) is 15.2. The summed E-state index contributed by atoms with van der Waals surface area (Å²) < 4.78 is 0. The third-order valence-corrected chi connectivity index (χ3v) is 5.60. The van der Waals surface area contributed by atoms with Crippen LogP contribution in [0.15, 0.2) is 84.9 Å². The van der Waals surface area contributed by atoms with Gasteiger partial charge in [-0.1, -0.05) is 60.7 Å². The van der Waals surface area contributed by atoms with Crippen molar-refractivity contribution < 1.29 is 9.59 Å². The number of carbonyl (C=O) groups is 2. The number of carbonyl (C=O) groups excluding carboxylic acids is 2. The summed E-state index contributed by atoms with van der Waals surface area (Å²) in [6, 6.07) is 27.1. The van der Waals surface area contributed by atoms with E-state index in [9.17, 15) is 9.59 Å². The first kappa shape index (κ1) is 20.8. The second-order valence-electron chi connectivity index (χ2n) is 7.80. The minimum absolute atomic E-state index is 0.0687. The molecule has 3 aromatic rings. The number of benzene rings is 3. The van der Waals surface area contributed by atoms with Gasteiger partial charge in [-0.15, -0.1) is 0 Å². The zero-order valence-electron chi connectivity index (χ0n) is 17.5. The van der Waals surface area contributed by atoms with E-state index in [2.05, 4.69) is 34.5 Å². The van der Waals surface area contributed by atoms with Crippen molar-refractivity contribution in [1.82, 2.24) is 15.1 Å². The van der Waals surface area contributed by atoms with E-state index < -0.39 is 0 Å². The van der Waals surface area contributed by atoms with Gasteiger partial charge in [-0.25, -0.2) is 0 Å². The second-order valence-corrected chi connectivity index (χ2v) is 7.80. The smallest absolute Gasteiger partial charge is 0.253 e. The van der Waals surface area contributed by atoms with Crippen LogP contribution in [0.4, 0.5) is 0 Å². The first-order valence-corrected chi connectivity index (χ1v) is 10.7. The van der Waals surface area contributed by atoms with Gasteiger partial charge in [0.05, 0.1) is 0 Å². The fourth-order valence-electron chi connectivity index (χ4n) is 3.77. The molecule has 158 valence electrons. The molecule has 0 unspecified atom stereocenters. The lowest BCUT2D eigenvalue weighted by molar-refractivity contribution is 0.0628. The third kappa shape index (κ3) is 5.58. The van der Waals surface area contributed by atoms with Gasteiger partial charge < -0.3 is 10.2 Å². The SMILES string of the molecule is O=C(NCc1ccc(C(=O)N2CCN(Cc3ccccc3)CC2)cc1)c1ccccc1. The molecule has 1 aliphatic heterocycles. The summed E-state index contributed by atoms with van der Waals surface area (Å²) >= 11 is 0. The van der Waals surface area contributed by atoms with E-state index in [1.165, 1.54) is 5.56 Å². The van der Waals surface area contributed by atoms with Crippen LogP contribution in [0, 0.1) is 0 Å². The van der Waals surface area contributed by atoms with Crippen molar-refractivity contribution in [2.45, 2.75) is 13.1 Å². The Morgan fingerprint density at radius 3 is 1.94 bits per heavy atom. The highest BCUT2D eigenvalue weighted by Gasteiger charge is 2.22. The first-order valence-electron chi connectivity index (χ1n) is 10.7. The summed E-state index contributed by atoms with van der Waals surface area (Å²) in [5, 5.41) is 2.91. The lowest BCUT2D eigenvalue weighted by Gasteiger charge is -2.34. The largest absolute Gasteiger partial charge is 0.348 e. The van der Waals surface area contributed by atoms with Crippen LogP contribution in [-0.4, -0.2) is 47.8 Å². The standard InChI is InChI=1S/C26H27N3O2/c30-25(23-9-5-2-6-10-23)27-19-21-11-13-24(14-12-21)26(31)29-17-15-28(16-18-29)20-22-7-3-1-4-8-22/h1-14H,15-20H2,(H,27,30). The Bertz CT molecular complexity index is 996. The van der Waals surface area contributed by atoms with E-state index in [0.29, 0.717) is 17.7 Å². The molecule has 3 aromatic carbocycles. The van der Waals surface area contributed by atoms with Crippen LogP contribution in [0.3, 0.4) is 0 Å². The van der Waals surface area contributed by atoms with Gasteiger partial charge >= 0.3 is 0 Å². The number of piperazine rings is 1. The molecule has 1 heterocycles. The number of nitrogens with one attached hydrogen (secondary N) is 1. The van der Waals surface area contributed by atoms with Crippen LogP contribution < -0.4 is 5.32 Å². The molecule has 4 rings (SSSR count). The van der Waals surface area contributed by atoms with E-state index in [1.807, 2.05) is 53.4 Å². The molecular formula is C26H27N3O2. The topological polar surface area (TPSA) is 52.7 Å². The molecule has 1 fully saturated rings. The highest BCUT2D eigenvalue weighted by atomic mass is 16.2. The van der Waals surface area contributed by atoms with Crippen LogP contribution in [0.5, 0.6) is 0 Å². The predicted molar refractivity (Wildman–Crippen MR) is 122 cm³/mol. The quantitative estimate of drug-likeness (QED) is 0.672. The maximum atomic E-state index is 12.9. The van der Waals surface area contributed by atoms with Gasteiger partial charge in [0.15, 0.2) is 0 Å². The normalized spacial score (nSPS) is 14.3. The van der Waals surface area contributed by atoms with E-state index in [4.69, 9.17) is 0 Å². The van der Waals surface area contributed by atoms with Crippen LogP contribution in [-0.2, 0) is 13.1 Å². The Hall–Kier alpha value is -3.44. The zero-order chi connectivity index (χ0) is 21.5. The zero-order valence-corrected chi connectivity index (χ0v) is 17.5. The van der Waals surface area contributed by atoms with Crippen LogP contribution in [0.2, 0.25) is 0 Å².